The van der Waals surface area contributed by atoms with E-state index in [0.29, 0.717) is 24.7 Å². The first-order valence-corrected chi connectivity index (χ1v) is 15.8. The zero-order valence-electron chi connectivity index (χ0n) is 26.1. The Morgan fingerprint density at radius 3 is 2.39 bits per heavy atom. The number of nitrogens with zero attached hydrogens (tertiary/aromatic N) is 1. The van der Waals surface area contributed by atoms with E-state index in [4.69, 9.17) is 11.1 Å². The lowest BCUT2D eigenvalue weighted by molar-refractivity contribution is -0.219. The van der Waals surface area contributed by atoms with Crippen LogP contribution in [-0.2, 0) is 16.6 Å². The van der Waals surface area contributed by atoms with Crippen molar-refractivity contribution in [2.45, 2.75) is 118 Å². The van der Waals surface area contributed by atoms with Gasteiger partial charge in [0.2, 0.25) is 5.91 Å². The Kier molecular flexibility index (Phi) is 6.18. The van der Waals surface area contributed by atoms with Crippen LogP contribution in [0.25, 0.3) is 0 Å². The molecule has 0 spiro atoms. The van der Waals surface area contributed by atoms with E-state index in [1.807, 2.05) is 6.20 Å². The molecule has 228 valence electrons. The molecule has 7 heteroatoms. The first-order chi connectivity index (χ1) is 18.8. The first kappa shape index (κ1) is 29.3. The standard InChI is InChI=1S/C34H49F3N2O2/c1-20-15-24-30(6)16-21-18-39-41-26(21)29(4,5)23(30)9-10-31(24,7)32(8)12-14-33(27(40)38-19-34(35,36)37)13-11-28(2,3)17-22(33)25(20)32/h18,22-25H,1,9-17,19H2,2-8H3,(H,38,40)/t22-,23-,24+,25+,30-,31+,32+,33-/m0/s1. The van der Waals surface area contributed by atoms with E-state index in [2.05, 4.69) is 58.9 Å². The highest BCUT2D eigenvalue weighted by Gasteiger charge is 2.72. The van der Waals surface area contributed by atoms with Crippen molar-refractivity contribution in [2.24, 2.45) is 50.7 Å². The van der Waals surface area contributed by atoms with Gasteiger partial charge in [0.05, 0.1) is 11.6 Å². The molecule has 0 bridgehead atoms. The van der Waals surface area contributed by atoms with Crippen molar-refractivity contribution in [3.8, 4) is 0 Å². The van der Waals surface area contributed by atoms with Crippen LogP contribution in [0.15, 0.2) is 22.9 Å². The summed E-state index contributed by atoms with van der Waals surface area (Å²) < 4.78 is 45.5. The number of halogens is 3. The van der Waals surface area contributed by atoms with Crippen molar-refractivity contribution in [1.29, 1.82) is 0 Å². The Labute approximate surface area is 243 Å². The number of alkyl halides is 3. The predicted octanol–water partition coefficient (Wildman–Crippen LogP) is 8.41. The highest BCUT2D eigenvalue weighted by molar-refractivity contribution is 5.83. The molecule has 4 saturated carbocycles. The summed E-state index contributed by atoms with van der Waals surface area (Å²) >= 11 is 0. The van der Waals surface area contributed by atoms with Crippen molar-refractivity contribution in [1.82, 2.24) is 10.5 Å². The maximum Gasteiger partial charge on any atom is 0.405 e. The van der Waals surface area contributed by atoms with Gasteiger partial charge in [-0.2, -0.15) is 13.2 Å². The van der Waals surface area contributed by atoms with E-state index >= 15 is 0 Å². The number of fused-ring (bicyclic) bond motifs is 8. The van der Waals surface area contributed by atoms with Crippen molar-refractivity contribution >= 4 is 5.91 Å². The lowest BCUT2D eigenvalue weighted by atomic mass is 9.31. The largest absolute Gasteiger partial charge is 0.405 e. The van der Waals surface area contributed by atoms with E-state index in [1.54, 1.807) is 0 Å². The minimum absolute atomic E-state index is 0.00140. The molecular weight excluding hydrogens is 525 g/mol. The number of carbonyl (C=O) groups excluding carboxylic acids is 1. The zero-order chi connectivity index (χ0) is 30.0. The van der Waals surface area contributed by atoms with Gasteiger partial charge < -0.3 is 9.84 Å². The van der Waals surface area contributed by atoms with Gasteiger partial charge in [0.1, 0.15) is 12.3 Å². The number of aromatic nitrogens is 1. The summed E-state index contributed by atoms with van der Waals surface area (Å²) in [5, 5.41) is 6.57. The van der Waals surface area contributed by atoms with Crippen LogP contribution in [-0.4, -0.2) is 23.8 Å². The van der Waals surface area contributed by atoms with Crippen molar-refractivity contribution < 1.29 is 22.5 Å². The van der Waals surface area contributed by atoms with Crippen molar-refractivity contribution in [3.05, 3.63) is 29.7 Å². The van der Waals surface area contributed by atoms with Crippen LogP contribution < -0.4 is 5.32 Å². The summed E-state index contributed by atoms with van der Waals surface area (Å²) in [7, 11) is 0. The molecule has 4 fully saturated rings. The Balaban J connectivity index is 1.41. The normalized spacial score (nSPS) is 44.5. The molecule has 41 heavy (non-hydrogen) atoms. The van der Waals surface area contributed by atoms with Crippen LogP contribution in [0.4, 0.5) is 13.2 Å². The fraction of sp³-hybridized carbons (Fsp3) is 0.824. The summed E-state index contributed by atoms with van der Waals surface area (Å²) in [6.07, 6.45) is 5.45. The molecule has 0 saturated heterocycles. The molecule has 6 rings (SSSR count). The van der Waals surface area contributed by atoms with Gasteiger partial charge in [-0.1, -0.05) is 65.8 Å². The van der Waals surface area contributed by atoms with Crippen LogP contribution in [0.1, 0.15) is 111 Å². The van der Waals surface area contributed by atoms with Gasteiger partial charge in [0.15, 0.2) is 0 Å². The summed E-state index contributed by atoms with van der Waals surface area (Å²) in [4.78, 5) is 13.8. The van der Waals surface area contributed by atoms with Crippen LogP contribution in [0.5, 0.6) is 0 Å². The average molecular weight is 575 g/mol. The molecule has 0 aromatic carbocycles. The molecule has 5 aliphatic rings. The predicted molar refractivity (Wildman–Crippen MR) is 153 cm³/mol. The second-order valence-electron chi connectivity index (χ2n) is 16.8. The zero-order valence-corrected chi connectivity index (χ0v) is 26.1. The SMILES string of the molecule is C=C1C[C@@H]2[C@@]3(C)Cc4cnoc4C(C)(C)[C@@H]3CC[C@@]2(C)[C@]2(C)CC[C@@]3(C(=O)NCC(F)(F)F)CCC(C)(C)C[C@H]3[C@@H]12. The number of hydrogen-bond acceptors (Lipinski definition) is 3. The molecule has 1 N–H and O–H groups in total. The van der Waals surface area contributed by atoms with Gasteiger partial charge in [-0.15, -0.1) is 0 Å². The average Bonchev–Trinajstić information content (AvgIpc) is 3.32. The van der Waals surface area contributed by atoms with E-state index < -0.39 is 18.1 Å². The fourth-order valence-electron chi connectivity index (χ4n) is 12.0. The molecule has 0 radical (unpaired) electrons. The maximum absolute atomic E-state index is 13.8. The number of allylic oxidation sites excluding steroid dienone is 1. The number of hydrogen-bond donors (Lipinski definition) is 1. The third-order valence-electron chi connectivity index (χ3n) is 14.0. The molecule has 0 unspecified atom stereocenters. The van der Waals surface area contributed by atoms with E-state index in [-0.39, 0.29) is 44.8 Å². The Morgan fingerprint density at radius 2 is 1.71 bits per heavy atom. The number of rotatable bonds is 2. The topological polar surface area (TPSA) is 55.1 Å². The van der Waals surface area contributed by atoms with Crippen LogP contribution in [0, 0.1) is 50.7 Å². The highest BCUT2D eigenvalue weighted by Crippen LogP contribution is 2.77. The van der Waals surface area contributed by atoms with Gasteiger partial charge in [0, 0.05) is 11.0 Å². The van der Waals surface area contributed by atoms with Crippen LogP contribution in [0.2, 0.25) is 0 Å². The van der Waals surface area contributed by atoms with Gasteiger partial charge in [-0.05, 0) is 103 Å². The molecular formula is C34H49F3N2O2. The number of amides is 1. The Hall–Kier alpha value is -1.79. The van der Waals surface area contributed by atoms with Crippen molar-refractivity contribution in [2.75, 3.05) is 6.54 Å². The second kappa shape index (κ2) is 8.65. The van der Waals surface area contributed by atoms with Crippen LogP contribution in [0.3, 0.4) is 0 Å². The number of carbonyl (C=O) groups is 1. The summed E-state index contributed by atoms with van der Waals surface area (Å²) in [6.45, 7) is 20.2. The van der Waals surface area contributed by atoms with Gasteiger partial charge in [-0.3, -0.25) is 4.79 Å². The fourth-order valence-corrected chi connectivity index (χ4v) is 12.0. The molecule has 1 aromatic rings. The van der Waals surface area contributed by atoms with Crippen LogP contribution >= 0.6 is 0 Å². The molecule has 1 amide bonds. The molecule has 1 aromatic heterocycles. The van der Waals surface area contributed by atoms with Crippen molar-refractivity contribution in [3.63, 3.8) is 0 Å². The smallest absolute Gasteiger partial charge is 0.361 e. The summed E-state index contributed by atoms with van der Waals surface area (Å²) in [6, 6.07) is 0. The van der Waals surface area contributed by atoms with Gasteiger partial charge in [-0.25, -0.2) is 0 Å². The lowest BCUT2D eigenvalue weighted by Gasteiger charge is -2.73. The van der Waals surface area contributed by atoms with Gasteiger partial charge >= 0.3 is 6.18 Å². The lowest BCUT2D eigenvalue weighted by Crippen LogP contribution is -2.68. The quantitative estimate of drug-likeness (QED) is 0.361. The monoisotopic (exact) mass is 574 g/mol. The molecule has 4 nitrogen and oxygen atoms in total. The molecule has 5 aliphatic carbocycles. The maximum atomic E-state index is 13.8. The minimum atomic E-state index is -4.42. The summed E-state index contributed by atoms with van der Waals surface area (Å²) in [5.41, 5.74) is 1.63. The minimum Gasteiger partial charge on any atom is -0.361 e. The second-order valence-corrected chi connectivity index (χ2v) is 16.8. The third-order valence-corrected chi connectivity index (χ3v) is 14.0. The Morgan fingerprint density at radius 1 is 1.02 bits per heavy atom. The highest BCUT2D eigenvalue weighted by atomic mass is 19.4. The van der Waals surface area contributed by atoms with E-state index in [0.717, 1.165) is 50.7 Å². The summed E-state index contributed by atoms with van der Waals surface area (Å²) in [5.74, 6) is 1.67. The Bertz CT molecular complexity index is 1260. The first-order valence-electron chi connectivity index (χ1n) is 15.8. The third kappa shape index (κ3) is 3.91. The molecule has 1 heterocycles. The molecule has 0 aliphatic heterocycles. The van der Waals surface area contributed by atoms with E-state index in [9.17, 15) is 18.0 Å². The molecule has 8 atom stereocenters. The van der Waals surface area contributed by atoms with Gasteiger partial charge in [0.25, 0.3) is 0 Å². The van der Waals surface area contributed by atoms with E-state index in [1.165, 1.54) is 11.1 Å². The number of nitrogens with one attached hydrogen (secondary N) is 1.